The zero-order valence-corrected chi connectivity index (χ0v) is 10.0. The van der Waals surface area contributed by atoms with Crippen LogP contribution < -0.4 is 0 Å². The highest BCUT2D eigenvalue weighted by Gasteiger charge is 2.48. The Kier molecular flexibility index (Phi) is 3.21. The Morgan fingerprint density at radius 3 is 2.26 bits per heavy atom. The molecule has 1 atom stereocenters. The molecule has 0 aliphatic carbocycles. The Morgan fingerprint density at radius 1 is 1.16 bits per heavy atom. The molecule has 1 fully saturated rings. The van der Waals surface area contributed by atoms with Crippen LogP contribution in [-0.2, 0) is 4.79 Å². The van der Waals surface area contributed by atoms with Crippen LogP contribution in [0.2, 0.25) is 0 Å². The maximum atomic E-state index is 12.3. The summed E-state index contributed by atoms with van der Waals surface area (Å²) < 4.78 is 37.0. The van der Waals surface area contributed by atoms with Gasteiger partial charge in [0.15, 0.2) is 0 Å². The summed E-state index contributed by atoms with van der Waals surface area (Å²) in [6.45, 7) is -1.56. The Bertz CT molecular complexity index is 501. The zero-order chi connectivity index (χ0) is 14.2. The van der Waals surface area contributed by atoms with E-state index in [1.54, 1.807) is 30.3 Å². The molecule has 2 rings (SSSR count). The lowest BCUT2D eigenvalue weighted by Crippen LogP contribution is -2.39. The van der Waals surface area contributed by atoms with Crippen molar-refractivity contribution in [2.75, 3.05) is 13.6 Å². The number of alkyl halides is 3. The number of carbonyl (C=O) groups excluding carboxylic acids is 2. The van der Waals surface area contributed by atoms with Gasteiger partial charge < -0.3 is 4.90 Å². The summed E-state index contributed by atoms with van der Waals surface area (Å²) in [5.74, 6) is -0.851. The average Bonchev–Trinajstić information content (AvgIpc) is 2.53. The number of rotatable bonds is 2. The molecule has 0 bridgehead atoms. The summed E-state index contributed by atoms with van der Waals surface area (Å²) in [5, 5.41) is 0. The van der Waals surface area contributed by atoms with Crippen LogP contribution in [-0.4, -0.2) is 41.5 Å². The fraction of sp³-hybridized carbons (Fsp3) is 0.333. The zero-order valence-electron chi connectivity index (χ0n) is 10.0. The molecule has 1 heterocycles. The van der Waals surface area contributed by atoms with Crippen LogP contribution in [0, 0.1) is 0 Å². The lowest BCUT2D eigenvalue weighted by atomic mass is 10.1. The quantitative estimate of drug-likeness (QED) is 0.774. The first-order chi connectivity index (χ1) is 8.81. The monoisotopic (exact) mass is 272 g/mol. The number of carbonyl (C=O) groups is 2. The van der Waals surface area contributed by atoms with Gasteiger partial charge in [0.25, 0.3) is 5.91 Å². The predicted molar refractivity (Wildman–Crippen MR) is 60.1 cm³/mol. The van der Waals surface area contributed by atoms with Gasteiger partial charge in [0.1, 0.15) is 12.6 Å². The van der Waals surface area contributed by atoms with E-state index < -0.39 is 30.7 Å². The van der Waals surface area contributed by atoms with E-state index in [0.29, 0.717) is 5.56 Å². The van der Waals surface area contributed by atoms with Gasteiger partial charge in [-0.3, -0.25) is 9.69 Å². The van der Waals surface area contributed by atoms with Crippen LogP contribution in [0.25, 0.3) is 0 Å². The topological polar surface area (TPSA) is 40.6 Å². The van der Waals surface area contributed by atoms with Crippen molar-refractivity contribution in [3.05, 3.63) is 35.9 Å². The van der Waals surface area contributed by atoms with Crippen molar-refractivity contribution in [1.82, 2.24) is 9.80 Å². The summed E-state index contributed by atoms with van der Waals surface area (Å²) in [6.07, 6.45) is -4.60. The number of urea groups is 1. The van der Waals surface area contributed by atoms with Crippen LogP contribution in [0.1, 0.15) is 11.6 Å². The van der Waals surface area contributed by atoms with Crippen LogP contribution >= 0.6 is 0 Å². The molecule has 0 radical (unpaired) electrons. The van der Waals surface area contributed by atoms with Crippen LogP contribution in [0.15, 0.2) is 30.3 Å². The van der Waals surface area contributed by atoms with Crippen LogP contribution in [0.5, 0.6) is 0 Å². The molecule has 0 N–H and O–H groups in total. The molecular weight excluding hydrogens is 261 g/mol. The molecule has 3 amide bonds. The largest absolute Gasteiger partial charge is 0.406 e. The minimum atomic E-state index is -4.60. The first kappa shape index (κ1) is 13.4. The lowest BCUT2D eigenvalue weighted by molar-refractivity contribution is -0.153. The van der Waals surface area contributed by atoms with Gasteiger partial charge in [-0.25, -0.2) is 4.79 Å². The van der Waals surface area contributed by atoms with Crippen LogP contribution in [0.4, 0.5) is 18.0 Å². The first-order valence-electron chi connectivity index (χ1n) is 5.51. The molecular formula is C12H11F3N2O2. The summed E-state index contributed by atoms with van der Waals surface area (Å²) in [6, 6.07) is 6.32. The molecule has 0 unspecified atom stereocenters. The van der Waals surface area contributed by atoms with Crippen LogP contribution in [0.3, 0.4) is 0 Å². The molecule has 102 valence electrons. The van der Waals surface area contributed by atoms with Crippen molar-refractivity contribution in [3.63, 3.8) is 0 Å². The molecule has 1 saturated heterocycles. The van der Waals surface area contributed by atoms with Crippen molar-refractivity contribution < 1.29 is 22.8 Å². The van der Waals surface area contributed by atoms with Gasteiger partial charge in [0.05, 0.1) is 0 Å². The highest BCUT2D eigenvalue weighted by atomic mass is 19.4. The van der Waals surface area contributed by atoms with Gasteiger partial charge in [-0.15, -0.1) is 0 Å². The SMILES string of the molecule is CN1C(=O)N(CC(F)(F)F)C(=O)[C@H]1c1ccccc1. The predicted octanol–water partition coefficient (Wildman–Crippen LogP) is 2.18. The normalized spacial score (nSPS) is 20.3. The molecule has 7 heteroatoms. The van der Waals surface area contributed by atoms with Gasteiger partial charge in [-0.05, 0) is 5.56 Å². The lowest BCUT2D eigenvalue weighted by Gasteiger charge is -2.16. The fourth-order valence-electron chi connectivity index (χ4n) is 2.03. The molecule has 1 aromatic carbocycles. The van der Waals surface area contributed by atoms with Gasteiger partial charge in [-0.1, -0.05) is 30.3 Å². The standard InChI is InChI=1S/C12H11F3N2O2/c1-16-9(8-5-3-2-4-6-8)10(18)17(11(16)19)7-12(13,14)15/h2-6,9H,7H2,1H3/t9-/m1/s1. The summed E-state index contributed by atoms with van der Waals surface area (Å²) >= 11 is 0. The molecule has 0 spiro atoms. The van der Waals surface area contributed by atoms with E-state index in [9.17, 15) is 22.8 Å². The van der Waals surface area contributed by atoms with E-state index in [0.717, 1.165) is 4.90 Å². The number of hydrogen-bond acceptors (Lipinski definition) is 2. The minimum absolute atomic E-state index is 0.234. The number of nitrogens with zero attached hydrogens (tertiary/aromatic N) is 2. The number of hydrogen-bond donors (Lipinski definition) is 0. The second-order valence-electron chi connectivity index (χ2n) is 4.25. The van der Waals surface area contributed by atoms with E-state index in [4.69, 9.17) is 0 Å². The fourth-order valence-corrected chi connectivity index (χ4v) is 2.03. The Morgan fingerprint density at radius 2 is 1.74 bits per heavy atom. The number of benzene rings is 1. The third kappa shape index (κ3) is 2.54. The summed E-state index contributed by atoms with van der Waals surface area (Å²) in [4.78, 5) is 24.9. The Balaban J connectivity index is 2.29. The maximum Gasteiger partial charge on any atom is 0.406 e. The Labute approximate surface area is 107 Å². The molecule has 1 aromatic rings. The van der Waals surface area contributed by atoms with Gasteiger partial charge in [-0.2, -0.15) is 13.2 Å². The highest BCUT2D eigenvalue weighted by Crippen LogP contribution is 2.31. The first-order valence-corrected chi connectivity index (χ1v) is 5.51. The Hall–Kier alpha value is -2.05. The van der Waals surface area contributed by atoms with E-state index in [-0.39, 0.29) is 4.90 Å². The second-order valence-corrected chi connectivity index (χ2v) is 4.25. The molecule has 1 aliphatic heterocycles. The van der Waals surface area contributed by atoms with E-state index in [2.05, 4.69) is 0 Å². The number of amides is 3. The van der Waals surface area contributed by atoms with Crippen molar-refractivity contribution in [2.45, 2.75) is 12.2 Å². The van der Waals surface area contributed by atoms with Gasteiger partial charge in [0.2, 0.25) is 0 Å². The molecule has 0 saturated carbocycles. The third-order valence-corrected chi connectivity index (χ3v) is 2.87. The van der Waals surface area contributed by atoms with Crippen molar-refractivity contribution in [2.24, 2.45) is 0 Å². The molecule has 1 aliphatic rings. The molecule has 19 heavy (non-hydrogen) atoms. The van der Waals surface area contributed by atoms with E-state index in [1.165, 1.54) is 7.05 Å². The smallest absolute Gasteiger partial charge is 0.311 e. The van der Waals surface area contributed by atoms with Crippen molar-refractivity contribution in [3.8, 4) is 0 Å². The highest BCUT2D eigenvalue weighted by molar-refractivity contribution is 6.04. The number of likely N-dealkylation sites (N-methyl/N-ethyl adjacent to an activating group) is 1. The van der Waals surface area contributed by atoms with E-state index >= 15 is 0 Å². The third-order valence-electron chi connectivity index (χ3n) is 2.87. The second kappa shape index (κ2) is 4.56. The minimum Gasteiger partial charge on any atom is -0.311 e. The summed E-state index contributed by atoms with van der Waals surface area (Å²) in [5.41, 5.74) is 0.494. The summed E-state index contributed by atoms with van der Waals surface area (Å²) in [7, 11) is 1.31. The maximum absolute atomic E-state index is 12.3. The van der Waals surface area contributed by atoms with Crippen molar-refractivity contribution >= 4 is 11.9 Å². The van der Waals surface area contributed by atoms with E-state index in [1.807, 2.05) is 0 Å². The van der Waals surface area contributed by atoms with Gasteiger partial charge >= 0.3 is 12.2 Å². The van der Waals surface area contributed by atoms with Crippen molar-refractivity contribution in [1.29, 1.82) is 0 Å². The molecule has 4 nitrogen and oxygen atoms in total. The molecule has 0 aromatic heterocycles. The van der Waals surface area contributed by atoms with Gasteiger partial charge in [0, 0.05) is 7.05 Å². The number of imide groups is 1. The average molecular weight is 272 g/mol. The number of halogens is 3.